The van der Waals surface area contributed by atoms with Gasteiger partial charge in [-0.3, -0.25) is 9.69 Å². The van der Waals surface area contributed by atoms with Crippen molar-refractivity contribution in [2.24, 2.45) is 0 Å². The second kappa shape index (κ2) is 8.78. The molecule has 3 aromatic rings. The molecule has 1 fully saturated rings. The van der Waals surface area contributed by atoms with E-state index in [1.165, 1.54) is 12.8 Å². The average molecular weight is 425 g/mol. The van der Waals surface area contributed by atoms with Crippen molar-refractivity contribution >= 4 is 10.9 Å². The van der Waals surface area contributed by atoms with Gasteiger partial charge in [0.1, 0.15) is 11.8 Å². The van der Waals surface area contributed by atoms with Crippen molar-refractivity contribution in [1.29, 1.82) is 0 Å². The number of nitrogens with zero attached hydrogens (tertiary/aromatic N) is 5. The van der Waals surface area contributed by atoms with Gasteiger partial charge in [0.05, 0.1) is 18.2 Å². The topological polar surface area (TPSA) is 88.9 Å². The molecule has 0 saturated carbocycles. The zero-order valence-corrected chi connectivity index (χ0v) is 18.9. The summed E-state index contributed by atoms with van der Waals surface area (Å²) in [5, 5.41) is 13.8. The molecule has 3 heterocycles. The summed E-state index contributed by atoms with van der Waals surface area (Å²) in [7, 11) is 1.62. The first-order chi connectivity index (χ1) is 14.9. The summed E-state index contributed by atoms with van der Waals surface area (Å²) in [4.78, 5) is 18.8. The number of rotatable bonds is 6. The minimum Gasteiger partial charge on any atom is -0.497 e. The lowest BCUT2D eigenvalue weighted by Gasteiger charge is -2.32. The van der Waals surface area contributed by atoms with Gasteiger partial charge in [-0.1, -0.05) is 19.8 Å². The summed E-state index contributed by atoms with van der Waals surface area (Å²) in [5.41, 5.74) is 1.08. The molecule has 0 radical (unpaired) electrons. The van der Waals surface area contributed by atoms with Gasteiger partial charge >= 0.3 is 0 Å². The molecule has 8 heteroatoms. The number of benzene rings is 1. The molecule has 0 amide bonds. The number of aromatic amines is 1. The zero-order chi connectivity index (χ0) is 22.0. The first-order valence-corrected chi connectivity index (χ1v) is 11.2. The minimum absolute atomic E-state index is 0.112. The molecule has 1 unspecified atom stereocenters. The second-order valence-corrected chi connectivity index (χ2v) is 8.97. The number of fused-ring (bicyclic) bond motifs is 1. The number of ether oxygens (including phenoxy) is 1. The monoisotopic (exact) mass is 424 g/mol. The molecule has 8 nitrogen and oxygen atoms in total. The third-order valence-electron chi connectivity index (χ3n) is 6.56. The number of nitrogens with one attached hydrogen (secondary N) is 1. The van der Waals surface area contributed by atoms with Crippen LogP contribution in [0.4, 0.5) is 0 Å². The maximum absolute atomic E-state index is 13.3. The van der Waals surface area contributed by atoms with Crippen LogP contribution >= 0.6 is 0 Å². The molecule has 1 atom stereocenters. The van der Waals surface area contributed by atoms with Gasteiger partial charge < -0.3 is 9.72 Å². The van der Waals surface area contributed by atoms with Gasteiger partial charge in [-0.2, -0.15) is 0 Å². The Labute approximate surface area is 182 Å². The van der Waals surface area contributed by atoms with Crippen LogP contribution in [-0.2, 0) is 5.54 Å². The zero-order valence-electron chi connectivity index (χ0n) is 18.9. The smallest absolute Gasteiger partial charge is 0.253 e. The van der Waals surface area contributed by atoms with Crippen molar-refractivity contribution in [3.63, 3.8) is 0 Å². The molecule has 1 aliphatic rings. The molecule has 1 N–H and O–H groups in total. The summed E-state index contributed by atoms with van der Waals surface area (Å²) in [6.07, 6.45) is 5.52. The highest BCUT2D eigenvalue weighted by molar-refractivity contribution is 5.80. The van der Waals surface area contributed by atoms with E-state index in [1.807, 2.05) is 28.9 Å². The van der Waals surface area contributed by atoms with E-state index in [1.54, 1.807) is 7.11 Å². The summed E-state index contributed by atoms with van der Waals surface area (Å²) >= 11 is 0. The van der Waals surface area contributed by atoms with E-state index in [4.69, 9.17) is 4.74 Å². The van der Waals surface area contributed by atoms with Crippen molar-refractivity contribution in [3.8, 4) is 5.75 Å². The van der Waals surface area contributed by atoms with Crippen LogP contribution in [-0.4, -0.2) is 50.3 Å². The minimum atomic E-state index is -0.297. The van der Waals surface area contributed by atoms with E-state index in [0.29, 0.717) is 11.3 Å². The molecule has 31 heavy (non-hydrogen) atoms. The SMILES string of the molecule is CCC(C)(C)n1nnnc1C(c1cc2ccc(OC)cc2[nH]c1=O)N1CCCCCC1. The average Bonchev–Trinajstić information content (AvgIpc) is 3.11. The highest BCUT2D eigenvalue weighted by Gasteiger charge is 2.34. The number of H-pyrrole nitrogens is 1. The van der Waals surface area contributed by atoms with E-state index >= 15 is 0 Å². The number of likely N-dealkylation sites (tertiary alicyclic amines) is 1. The lowest BCUT2D eigenvalue weighted by Crippen LogP contribution is -2.38. The highest BCUT2D eigenvalue weighted by Crippen LogP contribution is 2.32. The molecule has 2 aromatic heterocycles. The number of methoxy groups -OCH3 is 1. The maximum Gasteiger partial charge on any atom is 0.253 e. The van der Waals surface area contributed by atoms with Crippen LogP contribution in [0.2, 0.25) is 0 Å². The third kappa shape index (κ3) is 4.21. The van der Waals surface area contributed by atoms with Crippen molar-refractivity contribution in [3.05, 3.63) is 46.0 Å². The quantitative estimate of drug-likeness (QED) is 0.650. The predicted molar refractivity (Wildman–Crippen MR) is 120 cm³/mol. The molecular weight excluding hydrogens is 392 g/mol. The first kappa shape index (κ1) is 21.5. The van der Waals surface area contributed by atoms with E-state index in [9.17, 15) is 4.79 Å². The Hall–Kier alpha value is -2.74. The van der Waals surface area contributed by atoms with Crippen LogP contribution < -0.4 is 10.3 Å². The van der Waals surface area contributed by atoms with E-state index in [2.05, 4.69) is 46.2 Å². The summed E-state index contributed by atoms with van der Waals surface area (Å²) in [6.45, 7) is 8.23. The molecule has 0 bridgehead atoms. The maximum atomic E-state index is 13.3. The molecule has 0 spiro atoms. The second-order valence-electron chi connectivity index (χ2n) is 8.97. The number of hydrogen-bond acceptors (Lipinski definition) is 6. The fraction of sp³-hybridized carbons (Fsp3) is 0.565. The third-order valence-corrected chi connectivity index (χ3v) is 6.56. The van der Waals surface area contributed by atoms with Crippen molar-refractivity contribution in [2.45, 2.75) is 64.5 Å². The van der Waals surface area contributed by atoms with Crippen LogP contribution in [0.3, 0.4) is 0 Å². The normalized spacial score (nSPS) is 16.9. The van der Waals surface area contributed by atoms with E-state index in [-0.39, 0.29) is 17.1 Å². The van der Waals surface area contributed by atoms with Crippen molar-refractivity contribution < 1.29 is 4.74 Å². The molecular formula is C23H32N6O2. The fourth-order valence-corrected chi connectivity index (χ4v) is 4.33. The molecule has 1 aromatic carbocycles. The number of hydrogen-bond donors (Lipinski definition) is 1. The Morgan fingerprint density at radius 1 is 1.16 bits per heavy atom. The Balaban J connectivity index is 1.89. The van der Waals surface area contributed by atoms with Crippen LogP contribution in [0.1, 0.15) is 70.3 Å². The van der Waals surface area contributed by atoms with Crippen molar-refractivity contribution in [2.75, 3.05) is 20.2 Å². The van der Waals surface area contributed by atoms with Gasteiger partial charge in [0, 0.05) is 11.6 Å². The summed E-state index contributed by atoms with van der Waals surface area (Å²) in [6, 6.07) is 7.43. The van der Waals surface area contributed by atoms with E-state index < -0.39 is 0 Å². The largest absolute Gasteiger partial charge is 0.497 e. The Morgan fingerprint density at radius 2 is 1.90 bits per heavy atom. The summed E-state index contributed by atoms with van der Waals surface area (Å²) in [5.74, 6) is 1.45. The lowest BCUT2D eigenvalue weighted by molar-refractivity contribution is 0.202. The predicted octanol–water partition coefficient (Wildman–Crippen LogP) is 3.63. The van der Waals surface area contributed by atoms with Gasteiger partial charge in [0.2, 0.25) is 0 Å². The van der Waals surface area contributed by atoms with Gasteiger partial charge in [-0.15, -0.1) is 5.10 Å². The van der Waals surface area contributed by atoms with E-state index in [0.717, 1.165) is 49.1 Å². The standard InChI is InChI=1S/C23H32N6O2/c1-5-23(2,3)29-21(25-26-27-29)20(28-12-8-6-7-9-13-28)18-14-16-10-11-17(31-4)15-19(16)24-22(18)30/h10-11,14-15,20H,5-9,12-13H2,1-4H3,(H,24,30). The molecule has 0 aliphatic carbocycles. The van der Waals surface area contributed by atoms with Crippen LogP contribution in [0.5, 0.6) is 5.75 Å². The first-order valence-electron chi connectivity index (χ1n) is 11.2. The molecule has 166 valence electrons. The Bertz CT molecular complexity index is 1090. The molecule has 1 saturated heterocycles. The van der Waals surface area contributed by atoms with Crippen LogP contribution in [0.25, 0.3) is 10.9 Å². The van der Waals surface area contributed by atoms with Gasteiger partial charge in [-0.25, -0.2) is 4.68 Å². The summed E-state index contributed by atoms with van der Waals surface area (Å²) < 4.78 is 7.22. The van der Waals surface area contributed by atoms with Gasteiger partial charge in [0.25, 0.3) is 5.56 Å². The number of pyridine rings is 1. The van der Waals surface area contributed by atoms with Crippen LogP contribution in [0, 0.1) is 0 Å². The van der Waals surface area contributed by atoms with Crippen molar-refractivity contribution in [1.82, 2.24) is 30.1 Å². The number of tetrazole rings is 1. The highest BCUT2D eigenvalue weighted by atomic mass is 16.5. The lowest BCUT2D eigenvalue weighted by atomic mass is 9.99. The van der Waals surface area contributed by atoms with Gasteiger partial charge in [0.15, 0.2) is 5.82 Å². The van der Waals surface area contributed by atoms with Gasteiger partial charge in [-0.05, 0) is 80.2 Å². The molecule has 1 aliphatic heterocycles. The Morgan fingerprint density at radius 3 is 2.58 bits per heavy atom. The fourth-order valence-electron chi connectivity index (χ4n) is 4.33. The van der Waals surface area contributed by atoms with Crippen LogP contribution in [0.15, 0.2) is 29.1 Å². The Kier molecular flexibility index (Phi) is 6.09. The molecule has 4 rings (SSSR count). The number of aromatic nitrogens is 5.